The van der Waals surface area contributed by atoms with Gasteiger partial charge in [0.1, 0.15) is 5.75 Å². The molecule has 0 bridgehead atoms. The molecular weight excluding hydrogens is 435 g/mol. The van der Waals surface area contributed by atoms with E-state index in [-0.39, 0.29) is 22.3 Å². The maximum atomic E-state index is 13.2. The molecule has 1 aromatic heterocycles. The normalized spacial score (nSPS) is 17.2. The number of aromatic nitrogens is 1. The van der Waals surface area contributed by atoms with Crippen molar-refractivity contribution in [1.82, 2.24) is 20.9 Å². The molecule has 0 spiro atoms. The van der Waals surface area contributed by atoms with Crippen LogP contribution in [0.2, 0.25) is 0 Å². The zero-order valence-electron chi connectivity index (χ0n) is 17.3. The summed E-state index contributed by atoms with van der Waals surface area (Å²) in [6, 6.07) is 3.79. The second kappa shape index (κ2) is 8.97. The van der Waals surface area contributed by atoms with Gasteiger partial charge in [-0.15, -0.1) is 13.2 Å². The fourth-order valence-corrected chi connectivity index (χ4v) is 4.32. The zero-order chi connectivity index (χ0) is 22.8. The van der Waals surface area contributed by atoms with Gasteiger partial charge in [-0.3, -0.25) is 19.8 Å². The lowest BCUT2D eigenvalue weighted by atomic mass is 9.90. The number of fused-ring (bicyclic) bond motifs is 1. The molecule has 0 saturated carbocycles. The van der Waals surface area contributed by atoms with Crippen LogP contribution in [-0.4, -0.2) is 55.0 Å². The Balaban J connectivity index is 1.81. The molecule has 1 aromatic carbocycles. The number of alkyl halides is 3. The van der Waals surface area contributed by atoms with Crippen LogP contribution >= 0.6 is 11.3 Å². The van der Waals surface area contributed by atoms with Crippen LogP contribution in [0.25, 0.3) is 10.2 Å². The van der Waals surface area contributed by atoms with E-state index in [1.165, 1.54) is 37.1 Å². The smallest absolute Gasteiger partial charge is 0.406 e. The Bertz CT molecular complexity index is 959. The van der Waals surface area contributed by atoms with Gasteiger partial charge in [0, 0.05) is 25.6 Å². The number of carbonyl (C=O) groups excluding carboxylic acids is 2. The van der Waals surface area contributed by atoms with Crippen molar-refractivity contribution in [3.63, 3.8) is 0 Å². The Hall–Kier alpha value is -2.44. The first-order chi connectivity index (χ1) is 14.5. The molecule has 1 fully saturated rings. The van der Waals surface area contributed by atoms with Gasteiger partial charge in [-0.25, -0.2) is 4.98 Å². The molecule has 31 heavy (non-hydrogen) atoms. The van der Waals surface area contributed by atoms with Crippen molar-refractivity contribution in [1.29, 1.82) is 0 Å². The van der Waals surface area contributed by atoms with Gasteiger partial charge >= 0.3 is 6.36 Å². The minimum absolute atomic E-state index is 0.289. The average molecular weight is 459 g/mol. The molecule has 1 aliphatic heterocycles. The Morgan fingerprint density at radius 1 is 1.32 bits per heavy atom. The predicted molar refractivity (Wildman–Crippen MR) is 111 cm³/mol. The maximum absolute atomic E-state index is 13.2. The molecular formula is C19H24F3N5O3S. The summed E-state index contributed by atoms with van der Waals surface area (Å²) in [5.74, 6) is -1.16. The van der Waals surface area contributed by atoms with Gasteiger partial charge in [0.25, 0.3) is 5.91 Å². The minimum Gasteiger partial charge on any atom is -0.406 e. The van der Waals surface area contributed by atoms with Crippen molar-refractivity contribution in [2.45, 2.75) is 44.8 Å². The van der Waals surface area contributed by atoms with Gasteiger partial charge in [0.2, 0.25) is 5.91 Å². The number of halogens is 3. The number of nitrogens with zero attached hydrogens (tertiary/aromatic N) is 2. The van der Waals surface area contributed by atoms with Gasteiger partial charge in [-0.2, -0.15) is 0 Å². The lowest BCUT2D eigenvalue weighted by Crippen LogP contribution is -2.63. The van der Waals surface area contributed by atoms with Crippen molar-refractivity contribution in [2.24, 2.45) is 0 Å². The molecule has 1 saturated heterocycles. The number of ether oxygens (including phenoxy) is 1. The second-order valence-electron chi connectivity index (χ2n) is 7.66. The molecule has 1 unspecified atom stereocenters. The topological polar surface area (TPSA) is 95.6 Å². The SMILES string of the molecule is CC(=O)NC(NC1(C)CCNCC1)C(=O)N(C)c1nc2ccc(OC(F)(F)F)cc2s1. The molecule has 3 N–H and O–H groups in total. The van der Waals surface area contributed by atoms with E-state index in [0.717, 1.165) is 37.3 Å². The fraction of sp³-hybridized carbons (Fsp3) is 0.526. The minimum atomic E-state index is -4.80. The van der Waals surface area contributed by atoms with E-state index in [1.54, 1.807) is 0 Å². The van der Waals surface area contributed by atoms with E-state index < -0.39 is 18.4 Å². The van der Waals surface area contributed by atoms with Crippen molar-refractivity contribution in [3.8, 4) is 5.75 Å². The molecule has 1 aliphatic rings. The third kappa shape index (κ3) is 6.05. The third-order valence-corrected chi connectivity index (χ3v) is 6.09. The van der Waals surface area contributed by atoms with E-state index in [1.807, 2.05) is 6.92 Å². The van der Waals surface area contributed by atoms with Crippen LogP contribution in [0.5, 0.6) is 5.75 Å². The number of thiazole rings is 1. The summed E-state index contributed by atoms with van der Waals surface area (Å²) >= 11 is 1.05. The second-order valence-corrected chi connectivity index (χ2v) is 8.67. The van der Waals surface area contributed by atoms with Gasteiger partial charge in [0.15, 0.2) is 11.3 Å². The van der Waals surface area contributed by atoms with Crippen molar-refractivity contribution in [3.05, 3.63) is 18.2 Å². The zero-order valence-corrected chi connectivity index (χ0v) is 18.1. The molecule has 2 heterocycles. The molecule has 12 heteroatoms. The summed E-state index contributed by atoms with van der Waals surface area (Å²) in [4.78, 5) is 30.5. The first-order valence-corrected chi connectivity index (χ1v) is 10.5. The van der Waals surface area contributed by atoms with E-state index in [4.69, 9.17) is 0 Å². The number of amides is 2. The van der Waals surface area contributed by atoms with Crippen LogP contribution in [0.4, 0.5) is 18.3 Å². The molecule has 2 amide bonds. The standard InChI is InChI=1S/C19H24F3N5O3S/c1-11(28)24-15(26-18(2)6-8-23-9-7-18)16(29)27(3)17-25-13-5-4-12(10-14(13)31-17)30-19(20,21)22/h4-5,10,15,23,26H,6-9H2,1-3H3,(H,24,28). The fourth-order valence-electron chi connectivity index (χ4n) is 3.36. The molecule has 170 valence electrons. The Labute approximate surface area is 181 Å². The van der Waals surface area contributed by atoms with Crippen molar-refractivity contribution < 1.29 is 27.5 Å². The number of rotatable bonds is 6. The quantitative estimate of drug-likeness (QED) is 0.574. The lowest BCUT2D eigenvalue weighted by molar-refractivity contribution is -0.274. The van der Waals surface area contributed by atoms with Gasteiger partial charge in [-0.1, -0.05) is 11.3 Å². The van der Waals surface area contributed by atoms with Crippen LogP contribution < -0.4 is 25.6 Å². The molecule has 2 aromatic rings. The number of hydrogen-bond acceptors (Lipinski definition) is 7. The summed E-state index contributed by atoms with van der Waals surface area (Å²) in [5.41, 5.74) is 0.0928. The Morgan fingerprint density at radius 3 is 2.61 bits per heavy atom. The third-order valence-electron chi connectivity index (χ3n) is 4.99. The van der Waals surface area contributed by atoms with E-state index in [2.05, 4.69) is 25.7 Å². The summed E-state index contributed by atoms with van der Waals surface area (Å²) in [6.07, 6.45) is -4.20. The van der Waals surface area contributed by atoms with Crippen LogP contribution in [0.3, 0.4) is 0 Å². The van der Waals surface area contributed by atoms with Crippen LogP contribution in [0, 0.1) is 0 Å². The molecule has 8 nitrogen and oxygen atoms in total. The Morgan fingerprint density at radius 2 is 2.00 bits per heavy atom. The number of benzene rings is 1. The largest absolute Gasteiger partial charge is 0.573 e. The monoisotopic (exact) mass is 459 g/mol. The first kappa shape index (κ1) is 23.2. The number of anilines is 1. The highest BCUT2D eigenvalue weighted by molar-refractivity contribution is 7.22. The predicted octanol–water partition coefficient (Wildman–Crippen LogP) is 2.35. The van der Waals surface area contributed by atoms with Gasteiger partial charge < -0.3 is 15.4 Å². The van der Waals surface area contributed by atoms with Crippen molar-refractivity contribution in [2.75, 3.05) is 25.0 Å². The van der Waals surface area contributed by atoms with Gasteiger partial charge in [0.05, 0.1) is 10.2 Å². The van der Waals surface area contributed by atoms with Crippen LogP contribution in [0.1, 0.15) is 26.7 Å². The summed E-state index contributed by atoms with van der Waals surface area (Å²) in [6.45, 7) is 4.91. The van der Waals surface area contributed by atoms with Crippen LogP contribution in [-0.2, 0) is 9.59 Å². The maximum Gasteiger partial charge on any atom is 0.573 e. The van der Waals surface area contributed by atoms with Crippen LogP contribution in [0.15, 0.2) is 18.2 Å². The number of nitrogens with one attached hydrogen (secondary N) is 3. The number of carbonyl (C=O) groups is 2. The first-order valence-electron chi connectivity index (χ1n) is 9.65. The van der Waals surface area contributed by atoms with E-state index >= 15 is 0 Å². The summed E-state index contributed by atoms with van der Waals surface area (Å²) < 4.78 is 41.8. The van der Waals surface area contributed by atoms with E-state index in [9.17, 15) is 22.8 Å². The molecule has 1 atom stereocenters. The summed E-state index contributed by atoms with van der Waals surface area (Å²) in [5, 5.41) is 9.44. The Kier molecular flexibility index (Phi) is 6.72. The highest BCUT2D eigenvalue weighted by atomic mass is 32.1. The summed E-state index contributed by atoms with van der Waals surface area (Å²) in [7, 11) is 1.51. The molecule has 0 radical (unpaired) electrons. The van der Waals surface area contributed by atoms with E-state index in [0.29, 0.717) is 10.2 Å². The number of hydrogen-bond donors (Lipinski definition) is 3. The highest BCUT2D eigenvalue weighted by Crippen LogP contribution is 2.33. The van der Waals surface area contributed by atoms with Gasteiger partial charge in [-0.05, 0) is 45.0 Å². The lowest BCUT2D eigenvalue weighted by Gasteiger charge is -2.38. The molecule has 0 aliphatic carbocycles. The number of piperidine rings is 1. The highest BCUT2D eigenvalue weighted by Gasteiger charge is 2.35. The molecule has 3 rings (SSSR count). The number of likely N-dealkylation sites (N-methyl/N-ethyl adjacent to an activating group) is 1. The van der Waals surface area contributed by atoms with Crippen molar-refractivity contribution >= 4 is 38.5 Å². The average Bonchev–Trinajstić information content (AvgIpc) is 3.08.